The van der Waals surface area contributed by atoms with Gasteiger partial charge in [-0.3, -0.25) is 19.4 Å². The molecule has 3 aliphatic heterocycles. The molecule has 4 heterocycles. The maximum absolute atomic E-state index is 14.1. The molecule has 2 saturated heterocycles. The molecule has 4 amide bonds. The van der Waals surface area contributed by atoms with Gasteiger partial charge in [0.2, 0.25) is 11.8 Å². The Labute approximate surface area is 205 Å². The fourth-order valence-electron chi connectivity index (χ4n) is 8.10. The second-order valence-electron chi connectivity index (χ2n) is 12.1. The number of hydrogen-bond acceptors (Lipinski definition) is 6. The van der Waals surface area contributed by atoms with Crippen molar-refractivity contribution in [2.45, 2.75) is 58.5 Å². The number of carbonyl (C=O) groups excluding carboxylic acids is 3. The molecule has 1 aliphatic carbocycles. The molecule has 3 unspecified atom stereocenters. The zero-order chi connectivity index (χ0) is 25.1. The fraction of sp³-hybridized carbons (Fsp3) is 0.556. The van der Waals surface area contributed by atoms with Crippen LogP contribution in [0.1, 0.15) is 45.6 Å². The quantitative estimate of drug-likeness (QED) is 0.585. The van der Waals surface area contributed by atoms with Gasteiger partial charge in [0.15, 0.2) is 5.41 Å². The minimum atomic E-state index is -1.37. The van der Waals surface area contributed by atoms with Crippen LogP contribution >= 0.6 is 0 Å². The SMILES string of the molecule is COc1ccc2nc3c(cc2c1)CC1(C(=O)N(C)C(=O)N(C)C1=O)C1N3C2CC(C)(C)CC1(C)C2. The Morgan fingerprint density at radius 1 is 1.00 bits per heavy atom. The lowest BCUT2D eigenvalue weighted by Gasteiger charge is -2.54. The number of nitrogens with zero attached hydrogens (tertiary/aromatic N) is 4. The highest BCUT2D eigenvalue weighted by Crippen LogP contribution is 2.64. The van der Waals surface area contributed by atoms with E-state index in [1.165, 1.54) is 14.1 Å². The summed E-state index contributed by atoms with van der Waals surface area (Å²) < 4.78 is 5.42. The monoisotopic (exact) mass is 476 g/mol. The summed E-state index contributed by atoms with van der Waals surface area (Å²) in [6, 6.07) is 7.07. The van der Waals surface area contributed by atoms with Crippen molar-refractivity contribution < 1.29 is 19.1 Å². The Morgan fingerprint density at radius 2 is 1.69 bits per heavy atom. The molecule has 6 rings (SSSR count). The summed E-state index contributed by atoms with van der Waals surface area (Å²) in [5.74, 6) is 0.795. The van der Waals surface area contributed by atoms with E-state index in [0.29, 0.717) is 0 Å². The fourth-order valence-corrected chi connectivity index (χ4v) is 8.10. The summed E-state index contributed by atoms with van der Waals surface area (Å²) in [5.41, 5.74) is 0.149. The van der Waals surface area contributed by atoms with Crippen molar-refractivity contribution in [2.24, 2.45) is 16.2 Å². The molecule has 0 radical (unpaired) electrons. The zero-order valence-electron chi connectivity index (χ0n) is 21.2. The molecule has 3 atom stereocenters. The van der Waals surface area contributed by atoms with E-state index in [-0.39, 0.29) is 29.3 Å². The number of ether oxygens (including phenoxy) is 1. The highest BCUT2D eigenvalue weighted by molar-refractivity contribution is 6.20. The number of urea groups is 1. The van der Waals surface area contributed by atoms with E-state index >= 15 is 0 Å². The average molecular weight is 477 g/mol. The third kappa shape index (κ3) is 2.74. The molecule has 1 aromatic carbocycles. The van der Waals surface area contributed by atoms with Gasteiger partial charge in [0.25, 0.3) is 0 Å². The lowest BCUT2D eigenvalue weighted by Crippen LogP contribution is -2.72. The minimum Gasteiger partial charge on any atom is -0.497 e. The number of hydrogen-bond donors (Lipinski definition) is 0. The highest BCUT2D eigenvalue weighted by Gasteiger charge is 2.72. The number of rotatable bonds is 1. The van der Waals surface area contributed by atoms with Crippen molar-refractivity contribution in [3.8, 4) is 5.75 Å². The van der Waals surface area contributed by atoms with Crippen LogP contribution in [0.5, 0.6) is 5.75 Å². The summed E-state index contributed by atoms with van der Waals surface area (Å²) in [4.78, 5) is 50.6. The zero-order valence-corrected chi connectivity index (χ0v) is 21.2. The number of imide groups is 2. The van der Waals surface area contributed by atoms with Crippen LogP contribution in [0.3, 0.4) is 0 Å². The molecule has 8 heteroatoms. The molecule has 2 aromatic rings. The molecule has 1 spiro atoms. The van der Waals surface area contributed by atoms with E-state index in [2.05, 4.69) is 25.7 Å². The molecular weight excluding hydrogens is 444 g/mol. The van der Waals surface area contributed by atoms with Crippen LogP contribution in [-0.4, -0.2) is 65.9 Å². The molecule has 2 bridgehead atoms. The second kappa shape index (κ2) is 6.74. The smallest absolute Gasteiger partial charge is 0.332 e. The Hall–Kier alpha value is -3.16. The van der Waals surface area contributed by atoms with Crippen molar-refractivity contribution in [1.82, 2.24) is 14.8 Å². The minimum absolute atomic E-state index is 0.0644. The van der Waals surface area contributed by atoms with Gasteiger partial charge in [-0.1, -0.05) is 20.8 Å². The van der Waals surface area contributed by atoms with Gasteiger partial charge in [-0.2, -0.15) is 0 Å². The van der Waals surface area contributed by atoms with Gasteiger partial charge in [0.05, 0.1) is 18.7 Å². The van der Waals surface area contributed by atoms with Crippen LogP contribution in [0.15, 0.2) is 24.3 Å². The number of anilines is 1. The Bertz CT molecular complexity index is 1300. The number of aromatic nitrogens is 1. The van der Waals surface area contributed by atoms with Crippen molar-refractivity contribution in [3.63, 3.8) is 0 Å². The number of amides is 4. The number of carbonyl (C=O) groups is 3. The molecule has 8 nitrogen and oxygen atoms in total. The number of barbiturate groups is 1. The summed E-state index contributed by atoms with van der Waals surface area (Å²) in [7, 11) is 4.61. The van der Waals surface area contributed by atoms with Crippen LogP contribution in [0.4, 0.5) is 10.6 Å². The van der Waals surface area contributed by atoms with Crippen LogP contribution in [-0.2, 0) is 16.0 Å². The van der Waals surface area contributed by atoms with Gasteiger partial charge in [0, 0.05) is 31.9 Å². The molecule has 184 valence electrons. The maximum Gasteiger partial charge on any atom is 0.332 e. The molecule has 0 N–H and O–H groups in total. The first-order valence-corrected chi connectivity index (χ1v) is 12.3. The van der Waals surface area contributed by atoms with Gasteiger partial charge in [-0.25, -0.2) is 9.78 Å². The summed E-state index contributed by atoms with van der Waals surface area (Å²) in [6.07, 6.45) is 2.99. The van der Waals surface area contributed by atoms with Crippen LogP contribution in [0.2, 0.25) is 0 Å². The van der Waals surface area contributed by atoms with E-state index in [4.69, 9.17) is 9.72 Å². The average Bonchev–Trinajstić information content (AvgIpc) is 3.04. The second-order valence-corrected chi connectivity index (χ2v) is 12.1. The molecule has 3 fully saturated rings. The van der Waals surface area contributed by atoms with E-state index in [9.17, 15) is 14.4 Å². The molecular formula is C27H32N4O4. The third-order valence-electron chi connectivity index (χ3n) is 8.91. The molecule has 4 aliphatic rings. The van der Waals surface area contributed by atoms with Gasteiger partial charge < -0.3 is 9.64 Å². The third-order valence-corrected chi connectivity index (χ3v) is 8.91. The molecule has 1 saturated carbocycles. The Morgan fingerprint density at radius 3 is 2.34 bits per heavy atom. The number of pyridine rings is 1. The lowest BCUT2D eigenvalue weighted by molar-refractivity contribution is -0.161. The van der Waals surface area contributed by atoms with Crippen molar-refractivity contribution in [1.29, 1.82) is 0 Å². The van der Waals surface area contributed by atoms with Crippen LogP contribution in [0.25, 0.3) is 10.9 Å². The van der Waals surface area contributed by atoms with E-state index in [1.54, 1.807) is 7.11 Å². The van der Waals surface area contributed by atoms with E-state index in [0.717, 1.165) is 57.1 Å². The largest absolute Gasteiger partial charge is 0.497 e. The van der Waals surface area contributed by atoms with Crippen LogP contribution < -0.4 is 9.64 Å². The van der Waals surface area contributed by atoms with Gasteiger partial charge in [-0.05, 0) is 59.9 Å². The normalized spacial score (nSPS) is 30.7. The van der Waals surface area contributed by atoms with Gasteiger partial charge in [0.1, 0.15) is 11.6 Å². The highest BCUT2D eigenvalue weighted by atomic mass is 16.5. The Kier molecular flexibility index (Phi) is 4.30. The first kappa shape index (κ1) is 22.3. The Balaban J connectivity index is 1.64. The predicted molar refractivity (Wildman–Crippen MR) is 131 cm³/mol. The lowest BCUT2D eigenvalue weighted by atomic mass is 9.56. The summed E-state index contributed by atoms with van der Waals surface area (Å²) >= 11 is 0. The molecule has 35 heavy (non-hydrogen) atoms. The predicted octanol–water partition coefficient (Wildman–Crippen LogP) is 3.61. The standard InChI is InChI=1S/C27H32N4O4/c1-25(2)12-17-13-26(3,14-25)21-27(22(32)29(4)24(34)30(5)23(27)33)11-16-9-15-10-18(35-6)7-8-19(15)28-20(16)31(17)21/h7-10,17,21H,11-14H2,1-6H3. The number of benzene rings is 1. The number of fused-ring (bicyclic) bond motifs is 9. The van der Waals surface area contributed by atoms with Crippen LogP contribution in [0, 0.1) is 16.2 Å². The van der Waals surface area contributed by atoms with Crippen molar-refractivity contribution >= 4 is 34.6 Å². The van der Waals surface area contributed by atoms with E-state index in [1.807, 2.05) is 24.3 Å². The topological polar surface area (TPSA) is 83.0 Å². The summed E-state index contributed by atoms with van der Waals surface area (Å²) in [6.45, 7) is 6.77. The van der Waals surface area contributed by atoms with Crippen molar-refractivity contribution in [3.05, 3.63) is 29.8 Å². The van der Waals surface area contributed by atoms with Gasteiger partial charge in [-0.15, -0.1) is 0 Å². The summed E-state index contributed by atoms with van der Waals surface area (Å²) in [5, 5.41) is 0.902. The van der Waals surface area contributed by atoms with Crippen molar-refractivity contribution in [2.75, 3.05) is 26.1 Å². The first-order valence-electron chi connectivity index (χ1n) is 12.3. The maximum atomic E-state index is 14.1. The van der Waals surface area contributed by atoms with Gasteiger partial charge >= 0.3 is 6.03 Å². The number of methoxy groups -OCH3 is 1. The van der Waals surface area contributed by atoms with E-state index < -0.39 is 23.3 Å². The molecule has 1 aromatic heterocycles. The first-order chi connectivity index (χ1) is 16.4.